The lowest BCUT2D eigenvalue weighted by atomic mass is 9.34. The summed E-state index contributed by atoms with van der Waals surface area (Å²) in [5.74, 6) is 0.630. The Morgan fingerprint density at radius 1 is 1.30 bits per heavy atom. The second-order valence-electron chi connectivity index (χ2n) is 12.6. The Kier molecular flexibility index (Phi) is 6.63. The molecule has 5 rings (SSSR count). The molecule has 4 aliphatic carbocycles. The predicted octanol–water partition coefficient (Wildman–Crippen LogP) is 4.69. The first-order chi connectivity index (χ1) is 17.5. The molecule has 7 heteroatoms. The number of rotatable bonds is 8. The number of esters is 1. The highest BCUT2D eigenvalue weighted by molar-refractivity contribution is 8.00. The fourth-order valence-corrected chi connectivity index (χ4v) is 9.56. The molecule has 4 aliphatic rings. The van der Waals surface area contributed by atoms with Gasteiger partial charge in [0.15, 0.2) is 0 Å². The van der Waals surface area contributed by atoms with Crippen LogP contribution < -0.4 is 5.32 Å². The van der Waals surface area contributed by atoms with Gasteiger partial charge in [-0.2, -0.15) is 0 Å². The van der Waals surface area contributed by atoms with Crippen molar-refractivity contribution in [3.05, 3.63) is 42.5 Å². The van der Waals surface area contributed by atoms with Crippen molar-refractivity contribution in [1.29, 1.82) is 0 Å². The maximum Gasteiger partial charge on any atom is 0.316 e. The zero-order valence-corrected chi connectivity index (χ0v) is 22.9. The number of hydrogen-bond donors (Lipinski definition) is 2. The fourth-order valence-electron chi connectivity index (χ4n) is 8.80. The highest BCUT2D eigenvalue weighted by atomic mass is 32.2. The maximum absolute atomic E-state index is 13.3. The lowest BCUT2D eigenvalue weighted by Crippen LogP contribution is -2.69. The van der Waals surface area contributed by atoms with Crippen molar-refractivity contribution < 1.29 is 24.2 Å². The molecule has 0 radical (unpaired) electrons. The van der Waals surface area contributed by atoms with E-state index in [0.717, 1.165) is 29.7 Å². The van der Waals surface area contributed by atoms with Crippen molar-refractivity contribution in [2.45, 2.75) is 82.9 Å². The van der Waals surface area contributed by atoms with Crippen LogP contribution >= 0.6 is 11.8 Å². The lowest BCUT2D eigenvalue weighted by molar-refractivity contribution is -0.237. The molecular weight excluding hydrogens is 486 g/mol. The molecule has 200 valence electrons. The number of carbonyl (C=O) groups is 3. The minimum atomic E-state index is -0.588. The van der Waals surface area contributed by atoms with Gasteiger partial charge < -0.3 is 15.2 Å². The molecule has 0 aromatic heterocycles. The van der Waals surface area contributed by atoms with Crippen LogP contribution in [0.4, 0.5) is 0 Å². The number of nitrogens with one attached hydrogen (secondary N) is 1. The quantitative estimate of drug-likeness (QED) is 0.222. The van der Waals surface area contributed by atoms with E-state index in [0.29, 0.717) is 38.0 Å². The van der Waals surface area contributed by atoms with Gasteiger partial charge >= 0.3 is 5.97 Å². The molecule has 2 N–H and O–H groups in total. The molecule has 0 saturated heterocycles. The van der Waals surface area contributed by atoms with Gasteiger partial charge in [-0.15, -0.1) is 18.3 Å². The summed E-state index contributed by atoms with van der Waals surface area (Å²) in [6, 6.07) is 7.75. The fraction of sp³-hybridized carbons (Fsp3) is 0.633. The summed E-state index contributed by atoms with van der Waals surface area (Å²) in [5, 5.41) is 14.1. The molecular formula is C30H39NO5S. The van der Waals surface area contributed by atoms with E-state index in [1.54, 1.807) is 0 Å². The molecule has 8 atom stereocenters. The summed E-state index contributed by atoms with van der Waals surface area (Å²) in [5.41, 5.74) is -0.344. The molecule has 0 heterocycles. The van der Waals surface area contributed by atoms with Gasteiger partial charge in [0.2, 0.25) is 6.41 Å². The minimum Gasteiger partial charge on any atom is -0.461 e. The summed E-state index contributed by atoms with van der Waals surface area (Å²) < 4.78 is 6.35. The van der Waals surface area contributed by atoms with Crippen molar-refractivity contribution in [2.75, 3.05) is 5.75 Å². The van der Waals surface area contributed by atoms with Crippen LogP contribution in [0.2, 0.25) is 0 Å². The molecule has 2 bridgehead atoms. The maximum atomic E-state index is 13.3. The first-order valence-electron chi connectivity index (χ1n) is 13.5. The minimum absolute atomic E-state index is 0.0765. The smallest absolute Gasteiger partial charge is 0.316 e. The lowest BCUT2D eigenvalue weighted by Gasteiger charge is -2.69. The van der Waals surface area contributed by atoms with Gasteiger partial charge in [-0.3, -0.25) is 14.4 Å². The van der Waals surface area contributed by atoms with E-state index in [2.05, 4.69) is 25.7 Å². The van der Waals surface area contributed by atoms with E-state index < -0.39 is 17.6 Å². The largest absolute Gasteiger partial charge is 0.461 e. The van der Waals surface area contributed by atoms with Crippen molar-refractivity contribution in [3.8, 4) is 0 Å². The normalized spacial score (nSPS) is 42.0. The Morgan fingerprint density at radius 2 is 2.08 bits per heavy atom. The van der Waals surface area contributed by atoms with E-state index in [1.165, 1.54) is 11.8 Å². The molecule has 37 heavy (non-hydrogen) atoms. The summed E-state index contributed by atoms with van der Waals surface area (Å²) >= 11 is 1.41. The highest BCUT2D eigenvalue weighted by Crippen LogP contribution is 2.81. The number of ketones is 1. The molecule has 1 amide bonds. The van der Waals surface area contributed by atoms with E-state index >= 15 is 0 Å². The Hall–Kier alpha value is -2.12. The molecule has 4 unspecified atom stereocenters. The standard InChI is InChI=1S/C30H39NO5S/c1-5-27(3)14-24(36-25(35)16-37-21-8-6-7-20(11-21)15-31-18-32)28(4)19(2)12-30-17-29(26(28)30,13-23(27)34)10-9-22(30)33/h5-8,11,18-19,23-24,26,34H,1,9-10,12-17H2,2-4H3,(H,31,32)/t19?,23-,24+,26?,27+,28-,29?,30?/m0/s1. The number of Topliss-reactive ketones (excluding diaryl/α,β-unsaturated/α-hetero) is 1. The summed E-state index contributed by atoms with van der Waals surface area (Å²) in [7, 11) is 0. The highest BCUT2D eigenvalue weighted by Gasteiger charge is 2.80. The Balaban J connectivity index is 1.40. The zero-order chi connectivity index (χ0) is 26.6. The molecule has 1 aromatic rings. The van der Waals surface area contributed by atoms with E-state index in [1.807, 2.05) is 37.3 Å². The summed E-state index contributed by atoms with van der Waals surface area (Å²) in [6.45, 7) is 11.0. The monoisotopic (exact) mass is 525 g/mol. The number of ether oxygens (including phenoxy) is 1. The number of carbonyl (C=O) groups excluding carboxylic acids is 3. The van der Waals surface area contributed by atoms with Crippen LogP contribution in [0.3, 0.4) is 0 Å². The SMILES string of the molecule is C=C[C@]1(C)C[C@@H](OC(=O)CSc2cccc(CNC=O)c2)[C@]2(C)C(C)CC34CC(CCC3=O)(C[C@@H]1O)C42. The molecule has 6 nitrogen and oxygen atoms in total. The second-order valence-corrected chi connectivity index (χ2v) is 13.6. The molecule has 4 fully saturated rings. The first-order valence-corrected chi connectivity index (χ1v) is 14.4. The third-order valence-corrected chi connectivity index (χ3v) is 11.6. The third-order valence-electron chi connectivity index (χ3n) is 10.7. The molecule has 4 saturated carbocycles. The first kappa shape index (κ1) is 26.5. The Morgan fingerprint density at radius 3 is 2.81 bits per heavy atom. The Bertz CT molecular complexity index is 1120. The number of thioether (sulfide) groups is 1. The van der Waals surface area contributed by atoms with Crippen molar-refractivity contribution in [1.82, 2.24) is 5.32 Å². The van der Waals surface area contributed by atoms with Gasteiger partial charge in [-0.05, 0) is 67.1 Å². The van der Waals surface area contributed by atoms with Crippen LogP contribution in [0.25, 0.3) is 0 Å². The number of benzene rings is 1. The van der Waals surface area contributed by atoms with Gasteiger partial charge in [0.1, 0.15) is 11.9 Å². The number of hydrogen-bond acceptors (Lipinski definition) is 6. The predicted molar refractivity (Wildman–Crippen MR) is 143 cm³/mol. The van der Waals surface area contributed by atoms with E-state index in [9.17, 15) is 19.5 Å². The van der Waals surface area contributed by atoms with E-state index in [-0.39, 0.29) is 39.8 Å². The molecule has 1 aromatic carbocycles. The summed E-state index contributed by atoms with van der Waals surface area (Å²) in [6.07, 6.45) is 5.82. The molecule has 0 aliphatic heterocycles. The molecule has 2 spiro atoms. The average Bonchev–Trinajstić information content (AvgIpc) is 3.06. The van der Waals surface area contributed by atoms with Crippen LogP contribution in [0.15, 0.2) is 41.8 Å². The van der Waals surface area contributed by atoms with Crippen LogP contribution in [-0.4, -0.2) is 41.2 Å². The van der Waals surface area contributed by atoms with Crippen LogP contribution in [0.1, 0.15) is 64.9 Å². The topological polar surface area (TPSA) is 92.7 Å². The third kappa shape index (κ3) is 3.99. The summed E-state index contributed by atoms with van der Waals surface area (Å²) in [4.78, 5) is 38.1. The van der Waals surface area contributed by atoms with Gasteiger partial charge in [-0.25, -0.2) is 0 Å². The van der Waals surface area contributed by atoms with Crippen LogP contribution in [0, 0.1) is 33.5 Å². The number of amides is 1. The van der Waals surface area contributed by atoms with Crippen LogP contribution in [0.5, 0.6) is 0 Å². The van der Waals surface area contributed by atoms with Crippen molar-refractivity contribution in [3.63, 3.8) is 0 Å². The van der Waals surface area contributed by atoms with Gasteiger partial charge in [0.05, 0.1) is 11.9 Å². The van der Waals surface area contributed by atoms with Crippen molar-refractivity contribution >= 4 is 29.9 Å². The van der Waals surface area contributed by atoms with Crippen LogP contribution in [-0.2, 0) is 25.7 Å². The Labute approximate surface area is 224 Å². The average molecular weight is 526 g/mol. The number of aliphatic hydroxyl groups is 1. The van der Waals surface area contributed by atoms with Gasteiger partial charge in [0, 0.05) is 34.1 Å². The van der Waals surface area contributed by atoms with Gasteiger partial charge in [0.25, 0.3) is 0 Å². The zero-order valence-electron chi connectivity index (χ0n) is 22.1. The van der Waals surface area contributed by atoms with Gasteiger partial charge in [-0.1, -0.05) is 39.0 Å². The number of aliphatic hydroxyl groups excluding tert-OH is 1. The van der Waals surface area contributed by atoms with E-state index in [4.69, 9.17) is 4.74 Å². The van der Waals surface area contributed by atoms with Crippen molar-refractivity contribution in [2.24, 2.45) is 33.5 Å². The second kappa shape index (κ2) is 9.26.